The molecular formula is C15H13FN2O5. The topological polar surface area (TPSA) is 90.7 Å². The van der Waals surface area contributed by atoms with Crippen molar-refractivity contribution in [1.29, 1.82) is 0 Å². The summed E-state index contributed by atoms with van der Waals surface area (Å²) >= 11 is 0. The fourth-order valence-electron chi connectivity index (χ4n) is 1.92. The van der Waals surface area contributed by atoms with E-state index in [1.807, 2.05) is 0 Å². The van der Waals surface area contributed by atoms with E-state index in [1.165, 1.54) is 32.4 Å². The van der Waals surface area contributed by atoms with Crippen molar-refractivity contribution in [3.8, 4) is 11.5 Å². The molecule has 0 heterocycles. The molecule has 0 unspecified atom stereocenters. The van der Waals surface area contributed by atoms with Gasteiger partial charge >= 0.3 is 0 Å². The summed E-state index contributed by atoms with van der Waals surface area (Å²) in [4.78, 5) is 22.6. The predicted molar refractivity (Wildman–Crippen MR) is 80.6 cm³/mol. The van der Waals surface area contributed by atoms with Gasteiger partial charge in [-0.15, -0.1) is 0 Å². The Kier molecular flexibility index (Phi) is 4.75. The first kappa shape index (κ1) is 16.2. The van der Waals surface area contributed by atoms with Crippen LogP contribution < -0.4 is 14.8 Å². The van der Waals surface area contributed by atoms with Crippen LogP contribution in [0.4, 0.5) is 15.8 Å². The molecule has 0 radical (unpaired) electrons. The molecular weight excluding hydrogens is 307 g/mol. The molecule has 0 atom stereocenters. The Labute approximate surface area is 130 Å². The number of ether oxygens (including phenoxy) is 2. The molecule has 1 amide bonds. The molecule has 8 heteroatoms. The third kappa shape index (κ3) is 3.54. The summed E-state index contributed by atoms with van der Waals surface area (Å²) in [5, 5.41) is 13.6. The van der Waals surface area contributed by atoms with Gasteiger partial charge in [0.2, 0.25) is 0 Å². The summed E-state index contributed by atoms with van der Waals surface area (Å²) < 4.78 is 22.9. The van der Waals surface area contributed by atoms with Gasteiger partial charge in [0.1, 0.15) is 11.5 Å². The Morgan fingerprint density at radius 2 is 1.70 bits per heavy atom. The number of amides is 1. The van der Waals surface area contributed by atoms with Crippen LogP contribution in [-0.4, -0.2) is 25.1 Å². The average Bonchev–Trinajstić information content (AvgIpc) is 2.54. The molecule has 7 nitrogen and oxygen atoms in total. The lowest BCUT2D eigenvalue weighted by Gasteiger charge is -2.11. The van der Waals surface area contributed by atoms with Gasteiger partial charge in [-0.3, -0.25) is 14.9 Å². The van der Waals surface area contributed by atoms with Crippen molar-refractivity contribution in [2.75, 3.05) is 19.5 Å². The van der Waals surface area contributed by atoms with Crippen LogP contribution >= 0.6 is 0 Å². The van der Waals surface area contributed by atoms with Crippen molar-refractivity contribution in [1.82, 2.24) is 0 Å². The summed E-state index contributed by atoms with van der Waals surface area (Å²) in [5.74, 6) is -0.703. The lowest BCUT2D eigenvalue weighted by molar-refractivity contribution is -0.384. The van der Waals surface area contributed by atoms with E-state index >= 15 is 0 Å². The van der Waals surface area contributed by atoms with Crippen LogP contribution in [0.15, 0.2) is 36.4 Å². The number of halogens is 1. The third-order valence-electron chi connectivity index (χ3n) is 3.05. The molecule has 2 rings (SSSR count). The van der Waals surface area contributed by atoms with Gasteiger partial charge in [0.15, 0.2) is 11.5 Å². The number of nitrogens with one attached hydrogen (secondary N) is 1. The smallest absolute Gasteiger partial charge is 0.296 e. The lowest BCUT2D eigenvalue weighted by Crippen LogP contribution is -2.13. The second-order valence-electron chi connectivity index (χ2n) is 4.44. The zero-order valence-electron chi connectivity index (χ0n) is 12.3. The number of hydrogen-bond donors (Lipinski definition) is 1. The van der Waals surface area contributed by atoms with E-state index in [-0.39, 0.29) is 28.4 Å². The van der Waals surface area contributed by atoms with Gasteiger partial charge in [-0.1, -0.05) is 0 Å². The Balaban J connectivity index is 2.39. The first-order valence-electron chi connectivity index (χ1n) is 6.43. The van der Waals surface area contributed by atoms with Crippen LogP contribution in [0, 0.1) is 15.9 Å². The molecule has 0 bridgehead atoms. The number of nitro groups is 1. The van der Waals surface area contributed by atoms with Gasteiger partial charge in [0.25, 0.3) is 11.6 Å². The van der Waals surface area contributed by atoms with Gasteiger partial charge in [0, 0.05) is 11.6 Å². The van der Waals surface area contributed by atoms with Crippen LogP contribution in [-0.2, 0) is 0 Å². The van der Waals surface area contributed by atoms with Crippen LogP contribution in [0.25, 0.3) is 0 Å². The van der Waals surface area contributed by atoms with E-state index in [0.29, 0.717) is 0 Å². The van der Waals surface area contributed by atoms with E-state index in [1.54, 1.807) is 0 Å². The van der Waals surface area contributed by atoms with Crippen molar-refractivity contribution < 1.29 is 23.6 Å². The number of rotatable bonds is 5. The van der Waals surface area contributed by atoms with Crippen molar-refractivity contribution in [3.05, 3.63) is 57.9 Å². The van der Waals surface area contributed by atoms with E-state index in [4.69, 9.17) is 9.47 Å². The molecule has 0 fully saturated rings. The van der Waals surface area contributed by atoms with E-state index < -0.39 is 16.6 Å². The number of carbonyl (C=O) groups excluding carboxylic acids is 1. The number of benzene rings is 2. The minimum atomic E-state index is -0.651. The Morgan fingerprint density at radius 3 is 2.22 bits per heavy atom. The summed E-state index contributed by atoms with van der Waals surface area (Å²) in [5.41, 5.74) is -0.240. The molecule has 0 aromatic heterocycles. The van der Waals surface area contributed by atoms with Crippen LogP contribution in [0.3, 0.4) is 0 Å². The molecule has 0 aliphatic carbocycles. The van der Waals surface area contributed by atoms with Crippen molar-refractivity contribution >= 4 is 17.3 Å². The molecule has 0 saturated heterocycles. The summed E-state index contributed by atoms with van der Waals surface area (Å²) in [7, 11) is 2.72. The van der Waals surface area contributed by atoms with Gasteiger partial charge in [-0.25, -0.2) is 4.39 Å². The minimum Gasteiger partial charge on any atom is -0.493 e. The Bertz CT molecular complexity index is 746. The highest BCUT2D eigenvalue weighted by Crippen LogP contribution is 2.37. The number of carbonyl (C=O) groups is 1. The molecule has 0 aliphatic heterocycles. The van der Waals surface area contributed by atoms with Crippen molar-refractivity contribution in [2.24, 2.45) is 0 Å². The highest BCUT2D eigenvalue weighted by Gasteiger charge is 2.21. The lowest BCUT2D eigenvalue weighted by atomic mass is 10.2. The average molecular weight is 320 g/mol. The first-order chi connectivity index (χ1) is 11.0. The molecule has 0 aliphatic rings. The van der Waals surface area contributed by atoms with E-state index in [0.717, 1.165) is 18.2 Å². The molecule has 2 aromatic rings. The molecule has 23 heavy (non-hydrogen) atoms. The maximum Gasteiger partial charge on any atom is 0.296 e. The number of hydrogen-bond acceptors (Lipinski definition) is 5. The number of nitrogens with zero attached hydrogens (tertiary/aromatic N) is 1. The van der Waals surface area contributed by atoms with Crippen LogP contribution in [0.5, 0.6) is 11.5 Å². The predicted octanol–water partition coefficient (Wildman–Crippen LogP) is 3.00. The zero-order valence-corrected chi connectivity index (χ0v) is 12.3. The fraction of sp³-hybridized carbons (Fsp3) is 0.133. The SMILES string of the molecule is COc1cc(NC(=O)c2ccc(F)cc2)c([N+](=O)[O-])cc1OC. The standard InChI is InChI=1S/C15H13FN2O5/c1-22-13-7-11(12(18(20)21)8-14(13)23-2)17-15(19)9-3-5-10(16)6-4-9/h3-8H,1-2H3,(H,17,19). The molecule has 1 N–H and O–H groups in total. The third-order valence-corrected chi connectivity index (χ3v) is 3.05. The van der Waals surface area contributed by atoms with Crippen LogP contribution in [0.1, 0.15) is 10.4 Å². The van der Waals surface area contributed by atoms with Crippen LogP contribution in [0.2, 0.25) is 0 Å². The number of methoxy groups -OCH3 is 2. The summed E-state index contributed by atoms with van der Waals surface area (Å²) in [6.07, 6.45) is 0. The van der Waals surface area contributed by atoms with E-state index in [9.17, 15) is 19.3 Å². The van der Waals surface area contributed by atoms with Crippen molar-refractivity contribution in [2.45, 2.75) is 0 Å². The zero-order chi connectivity index (χ0) is 17.0. The Hall–Kier alpha value is -3.16. The Morgan fingerprint density at radius 1 is 1.13 bits per heavy atom. The second kappa shape index (κ2) is 6.73. The van der Waals surface area contributed by atoms with E-state index in [2.05, 4.69) is 5.32 Å². The van der Waals surface area contributed by atoms with Crippen molar-refractivity contribution in [3.63, 3.8) is 0 Å². The summed E-state index contributed by atoms with van der Waals surface area (Å²) in [6.45, 7) is 0. The first-order valence-corrected chi connectivity index (χ1v) is 6.43. The maximum absolute atomic E-state index is 12.9. The second-order valence-corrected chi connectivity index (χ2v) is 4.44. The van der Waals surface area contributed by atoms with Gasteiger partial charge in [-0.05, 0) is 24.3 Å². The summed E-state index contributed by atoms with van der Waals surface area (Å²) in [6, 6.07) is 7.24. The highest BCUT2D eigenvalue weighted by molar-refractivity contribution is 6.05. The minimum absolute atomic E-state index is 0.0537. The molecule has 0 spiro atoms. The highest BCUT2D eigenvalue weighted by atomic mass is 19.1. The quantitative estimate of drug-likeness (QED) is 0.675. The fourth-order valence-corrected chi connectivity index (χ4v) is 1.92. The van der Waals surface area contributed by atoms with Gasteiger partial charge < -0.3 is 14.8 Å². The molecule has 0 saturated carbocycles. The largest absolute Gasteiger partial charge is 0.493 e. The molecule has 120 valence electrons. The normalized spacial score (nSPS) is 10.0. The van der Waals surface area contributed by atoms with Gasteiger partial charge in [-0.2, -0.15) is 0 Å². The number of anilines is 1. The maximum atomic E-state index is 12.9. The molecule has 2 aromatic carbocycles. The number of nitro benzene ring substituents is 1. The van der Waals surface area contributed by atoms with Gasteiger partial charge in [0.05, 0.1) is 25.2 Å². The monoisotopic (exact) mass is 320 g/mol.